The average molecular weight is 252 g/mol. The third-order valence-corrected chi connectivity index (χ3v) is 3.97. The van der Waals surface area contributed by atoms with Gasteiger partial charge < -0.3 is 5.11 Å². The summed E-state index contributed by atoms with van der Waals surface area (Å²) in [4.78, 5) is 0. The van der Waals surface area contributed by atoms with Crippen LogP contribution in [-0.4, -0.2) is 11.2 Å². The summed E-state index contributed by atoms with van der Waals surface area (Å²) < 4.78 is 0. The molecule has 0 amide bonds. The SMILES string of the molecule is OC(CC1CC1)C(c1ccccc1)c1ccccc1. The standard InChI is InChI=1S/C18H20O/c19-17(13-14-11-12-14)18(15-7-3-1-4-8-15)16-9-5-2-6-10-16/h1-10,14,17-19H,11-13H2. The van der Waals surface area contributed by atoms with E-state index in [-0.39, 0.29) is 12.0 Å². The molecule has 0 bridgehead atoms. The number of aliphatic hydroxyl groups excluding tert-OH is 1. The quantitative estimate of drug-likeness (QED) is 0.853. The second kappa shape index (κ2) is 5.58. The van der Waals surface area contributed by atoms with E-state index >= 15 is 0 Å². The third-order valence-electron chi connectivity index (χ3n) is 3.97. The summed E-state index contributed by atoms with van der Waals surface area (Å²) in [6.45, 7) is 0. The molecule has 0 radical (unpaired) electrons. The van der Waals surface area contributed by atoms with Crippen molar-refractivity contribution in [3.63, 3.8) is 0 Å². The topological polar surface area (TPSA) is 20.2 Å². The van der Waals surface area contributed by atoms with Crippen LogP contribution >= 0.6 is 0 Å². The Morgan fingerprint density at radius 3 is 1.74 bits per heavy atom. The summed E-state index contributed by atoms with van der Waals surface area (Å²) in [7, 11) is 0. The van der Waals surface area contributed by atoms with Gasteiger partial charge in [-0.15, -0.1) is 0 Å². The molecule has 1 nitrogen and oxygen atoms in total. The first-order chi connectivity index (χ1) is 9.34. The van der Waals surface area contributed by atoms with Crippen LogP contribution < -0.4 is 0 Å². The highest BCUT2D eigenvalue weighted by molar-refractivity contribution is 5.33. The molecule has 1 atom stereocenters. The molecule has 2 aromatic carbocycles. The molecule has 1 fully saturated rings. The minimum Gasteiger partial charge on any atom is -0.392 e. The lowest BCUT2D eigenvalue weighted by Crippen LogP contribution is -2.20. The van der Waals surface area contributed by atoms with Gasteiger partial charge in [-0.2, -0.15) is 0 Å². The van der Waals surface area contributed by atoms with E-state index in [2.05, 4.69) is 48.5 Å². The molecule has 0 heterocycles. The highest BCUT2D eigenvalue weighted by atomic mass is 16.3. The summed E-state index contributed by atoms with van der Waals surface area (Å²) in [6, 6.07) is 20.7. The fraction of sp³-hybridized carbons (Fsp3) is 0.333. The molecule has 1 heteroatoms. The first kappa shape index (κ1) is 12.4. The largest absolute Gasteiger partial charge is 0.392 e. The van der Waals surface area contributed by atoms with Gasteiger partial charge in [-0.1, -0.05) is 73.5 Å². The monoisotopic (exact) mass is 252 g/mol. The second-order valence-electron chi connectivity index (χ2n) is 5.55. The minimum atomic E-state index is -0.280. The molecule has 1 N–H and O–H groups in total. The first-order valence-corrected chi connectivity index (χ1v) is 7.12. The smallest absolute Gasteiger partial charge is 0.0651 e. The Kier molecular flexibility index (Phi) is 3.65. The molecule has 2 aromatic rings. The molecule has 98 valence electrons. The van der Waals surface area contributed by atoms with Crippen LogP contribution in [0.5, 0.6) is 0 Å². The Labute approximate surface area is 114 Å². The van der Waals surface area contributed by atoms with Crippen molar-refractivity contribution in [2.24, 2.45) is 5.92 Å². The van der Waals surface area contributed by atoms with E-state index < -0.39 is 0 Å². The molecular formula is C18H20O. The third kappa shape index (κ3) is 3.05. The van der Waals surface area contributed by atoms with E-state index in [1.807, 2.05) is 12.1 Å². The van der Waals surface area contributed by atoms with Gasteiger partial charge in [0.1, 0.15) is 0 Å². The number of benzene rings is 2. The Hall–Kier alpha value is -1.60. The maximum Gasteiger partial charge on any atom is 0.0651 e. The molecule has 0 aromatic heterocycles. The number of hydrogen-bond donors (Lipinski definition) is 1. The van der Waals surface area contributed by atoms with Crippen LogP contribution in [0.25, 0.3) is 0 Å². The van der Waals surface area contributed by atoms with Crippen molar-refractivity contribution in [1.29, 1.82) is 0 Å². The molecule has 0 aliphatic heterocycles. The predicted octanol–water partition coefficient (Wildman–Crippen LogP) is 3.98. The van der Waals surface area contributed by atoms with E-state index in [1.165, 1.54) is 24.0 Å². The maximum atomic E-state index is 10.6. The highest BCUT2D eigenvalue weighted by Crippen LogP contribution is 2.38. The average Bonchev–Trinajstić information content (AvgIpc) is 3.25. The summed E-state index contributed by atoms with van der Waals surface area (Å²) >= 11 is 0. The van der Waals surface area contributed by atoms with Gasteiger partial charge in [0.25, 0.3) is 0 Å². The van der Waals surface area contributed by atoms with Gasteiger partial charge in [-0.25, -0.2) is 0 Å². The van der Waals surface area contributed by atoms with Gasteiger partial charge in [0, 0.05) is 5.92 Å². The van der Waals surface area contributed by atoms with Crippen molar-refractivity contribution >= 4 is 0 Å². The van der Waals surface area contributed by atoms with Crippen molar-refractivity contribution in [1.82, 2.24) is 0 Å². The van der Waals surface area contributed by atoms with Crippen LogP contribution in [0, 0.1) is 5.92 Å². The van der Waals surface area contributed by atoms with Gasteiger partial charge in [-0.05, 0) is 23.5 Å². The molecule has 1 saturated carbocycles. The maximum absolute atomic E-state index is 10.6. The Balaban J connectivity index is 1.90. The number of hydrogen-bond acceptors (Lipinski definition) is 1. The van der Waals surface area contributed by atoms with Crippen LogP contribution in [0.4, 0.5) is 0 Å². The molecule has 1 unspecified atom stereocenters. The molecule has 1 aliphatic carbocycles. The van der Waals surface area contributed by atoms with Gasteiger partial charge >= 0.3 is 0 Å². The van der Waals surface area contributed by atoms with Crippen LogP contribution in [0.2, 0.25) is 0 Å². The van der Waals surface area contributed by atoms with E-state index in [9.17, 15) is 5.11 Å². The Morgan fingerprint density at radius 2 is 1.32 bits per heavy atom. The molecule has 0 saturated heterocycles. The van der Waals surface area contributed by atoms with Gasteiger partial charge in [0.2, 0.25) is 0 Å². The van der Waals surface area contributed by atoms with Crippen molar-refractivity contribution in [3.05, 3.63) is 71.8 Å². The van der Waals surface area contributed by atoms with Gasteiger partial charge in [0.05, 0.1) is 6.10 Å². The van der Waals surface area contributed by atoms with Crippen molar-refractivity contribution in [2.75, 3.05) is 0 Å². The highest BCUT2D eigenvalue weighted by Gasteiger charge is 2.30. The zero-order valence-corrected chi connectivity index (χ0v) is 11.1. The number of aliphatic hydroxyl groups is 1. The van der Waals surface area contributed by atoms with Crippen molar-refractivity contribution < 1.29 is 5.11 Å². The summed E-state index contributed by atoms with van der Waals surface area (Å²) in [5.41, 5.74) is 2.42. The molecule has 19 heavy (non-hydrogen) atoms. The Bertz CT molecular complexity index is 462. The fourth-order valence-electron chi connectivity index (χ4n) is 2.79. The lowest BCUT2D eigenvalue weighted by Gasteiger charge is -2.24. The lowest BCUT2D eigenvalue weighted by atomic mass is 9.84. The summed E-state index contributed by atoms with van der Waals surface area (Å²) in [5, 5.41) is 10.6. The summed E-state index contributed by atoms with van der Waals surface area (Å²) in [6.07, 6.45) is 3.21. The van der Waals surface area contributed by atoms with Gasteiger partial charge in [0.15, 0.2) is 0 Å². The lowest BCUT2D eigenvalue weighted by molar-refractivity contribution is 0.140. The van der Waals surface area contributed by atoms with Crippen molar-refractivity contribution in [3.8, 4) is 0 Å². The second-order valence-corrected chi connectivity index (χ2v) is 5.55. The van der Waals surface area contributed by atoms with Crippen LogP contribution in [0.3, 0.4) is 0 Å². The van der Waals surface area contributed by atoms with Crippen molar-refractivity contribution in [2.45, 2.75) is 31.3 Å². The van der Waals surface area contributed by atoms with E-state index in [0.717, 1.165) is 12.3 Å². The van der Waals surface area contributed by atoms with Crippen LogP contribution in [-0.2, 0) is 0 Å². The normalized spacial score (nSPS) is 16.5. The zero-order valence-electron chi connectivity index (χ0n) is 11.1. The molecule has 3 rings (SSSR count). The molecule has 0 spiro atoms. The Morgan fingerprint density at radius 1 is 0.842 bits per heavy atom. The molecule has 1 aliphatic rings. The van der Waals surface area contributed by atoms with E-state index in [1.54, 1.807) is 0 Å². The van der Waals surface area contributed by atoms with Crippen LogP contribution in [0.1, 0.15) is 36.3 Å². The van der Waals surface area contributed by atoms with Gasteiger partial charge in [-0.3, -0.25) is 0 Å². The summed E-state index contributed by atoms with van der Waals surface area (Å²) in [5.74, 6) is 0.841. The van der Waals surface area contributed by atoms with Crippen LogP contribution in [0.15, 0.2) is 60.7 Å². The molecular weight excluding hydrogens is 232 g/mol. The van der Waals surface area contributed by atoms with E-state index in [0.29, 0.717) is 0 Å². The predicted molar refractivity (Wildman–Crippen MR) is 78.1 cm³/mol. The van der Waals surface area contributed by atoms with E-state index in [4.69, 9.17) is 0 Å². The number of rotatable bonds is 5. The zero-order chi connectivity index (χ0) is 13.1. The first-order valence-electron chi connectivity index (χ1n) is 7.12. The minimum absolute atomic E-state index is 0.1000. The fourth-order valence-corrected chi connectivity index (χ4v) is 2.79.